The van der Waals surface area contributed by atoms with Crippen molar-refractivity contribution in [2.75, 3.05) is 20.8 Å². The van der Waals surface area contributed by atoms with Gasteiger partial charge in [0.05, 0.1) is 12.7 Å². The Bertz CT molecular complexity index is 277. The molecule has 0 bridgehead atoms. The average Bonchev–Trinajstić information content (AvgIpc) is 2.17. The van der Waals surface area contributed by atoms with Gasteiger partial charge in [-0.05, 0) is 13.8 Å². The largest absolute Gasteiger partial charge is 0.529 e. The van der Waals surface area contributed by atoms with Gasteiger partial charge in [0.1, 0.15) is 5.76 Å². The molecule has 0 rings (SSSR count). The van der Waals surface area contributed by atoms with Crippen LogP contribution >= 0.6 is 7.82 Å². The highest BCUT2D eigenvalue weighted by Gasteiger charge is 2.24. The van der Waals surface area contributed by atoms with Gasteiger partial charge in [-0.15, -0.1) is 0 Å². The van der Waals surface area contributed by atoms with E-state index >= 15 is 0 Å². The molecule has 0 fully saturated rings. The van der Waals surface area contributed by atoms with E-state index < -0.39 is 13.8 Å². The summed E-state index contributed by atoms with van der Waals surface area (Å²) in [4.78, 5) is 11.0. The van der Waals surface area contributed by atoms with Crippen molar-refractivity contribution in [2.45, 2.75) is 13.8 Å². The van der Waals surface area contributed by atoms with Crippen LogP contribution in [0.25, 0.3) is 0 Å². The molecule has 6 nitrogen and oxygen atoms in total. The monoisotopic (exact) mass is 238 g/mol. The Kier molecular flexibility index (Phi) is 6.24. The number of rotatable bonds is 6. The van der Waals surface area contributed by atoms with E-state index in [0.29, 0.717) is 0 Å². The van der Waals surface area contributed by atoms with E-state index in [-0.39, 0.29) is 12.4 Å². The van der Waals surface area contributed by atoms with Crippen molar-refractivity contribution in [2.24, 2.45) is 0 Å². The average molecular weight is 238 g/mol. The number of hydrogen-bond acceptors (Lipinski definition) is 6. The number of carbonyl (C=O) groups excluding carboxylic acids is 1. The van der Waals surface area contributed by atoms with Crippen molar-refractivity contribution < 1.29 is 27.7 Å². The molecule has 0 aliphatic carbocycles. The summed E-state index contributed by atoms with van der Waals surface area (Å²) in [5.41, 5.74) is 0. The molecule has 0 amide bonds. The number of carbonyl (C=O) groups is 1. The number of phosphoric ester groups is 1. The molecule has 0 aromatic rings. The maximum absolute atomic E-state index is 11.4. The van der Waals surface area contributed by atoms with Crippen molar-refractivity contribution in [1.29, 1.82) is 0 Å². The quantitative estimate of drug-likeness (QED) is 0.304. The van der Waals surface area contributed by atoms with Gasteiger partial charge < -0.3 is 9.26 Å². The van der Waals surface area contributed by atoms with Crippen LogP contribution in [-0.2, 0) is 27.7 Å². The maximum Gasteiger partial charge on any atom is 0.529 e. The third-order valence-electron chi connectivity index (χ3n) is 1.31. The zero-order valence-electron chi connectivity index (χ0n) is 9.18. The first-order valence-electron chi connectivity index (χ1n) is 4.23. The Balaban J connectivity index is 4.40. The van der Waals surface area contributed by atoms with Crippen molar-refractivity contribution in [3.05, 3.63) is 11.8 Å². The van der Waals surface area contributed by atoms with E-state index in [4.69, 9.17) is 4.52 Å². The van der Waals surface area contributed by atoms with E-state index in [1.807, 2.05) is 0 Å². The topological polar surface area (TPSA) is 71.1 Å². The SMILES string of the molecule is CCOC(=O)C=C(C)OP(=O)(OC)OC. The van der Waals surface area contributed by atoms with Crippen LogP contribution in [0.15, 0.2) is 11.8 Å². The molecule has 0 saturated carbocycles. The molecule has 0 aliphatic heterocycles. The lowest BCUT2D eigenvalue weighted by Gasteiger charge is -2.13. The molecule has 88 valence electrons. The fraction of sp³-hybridized carbons (Fsp3) is 0.625. The lowest BCUT2D eigenvalue weighted by Crippen LogP contribution is -2.02. The fourth-order valence-corrected chi connectivity index (χ4v) is 1.41. The second-order valence-electron chi connectivity index (χ2n) is 2.41. The summed E-state index contributed by atoms with van der Waals surface area (Å²) in [5.74, 6) is -0.478. The summed E-state index contributed by atoms with van der Waals surface area (Å²) >= 11 is 0. The minimum Gasteiger partial charge on any atom is -0.463 e. The third-order valence-corrected chi connectivity index (χ3v) is 2.72. The first kappa shape index (κ1) is 14.2. The summed E-state index contributed by atoms with van der Waals surface area (Å²) < 4.78 is 29.9. The van der Waals surface area contributed by atoms with Crippen LogP contribution in [0.1, 0.15) is 13.8 Å². The van der Waals surface area contributed by atoms with Crippen LogP contribution in [0.3, 0.4) is 0 Å². The summed E-state index contributed by atoms with van der Waals surface area (Å²) in [7, 11) is -1.22. The third kappa shape index (κ3) is 5.57. The van der Waals surface area contributed by atoms with Gasteiger partial charge in [0.25, 0.3) is 0 Å². The molecular formula is C8H15O6P. The number of ether oxygens (including phenoxy) is 1. The Morgan fingerprint density at radius 2 is 1.87 bits per heavy atom. The summed E-state index contributed by atoms with van der Waals surface area (Å²) in [5, 5.41) is 0. The molecule has 0 N–H and O–H groups in total. The highest BCUT2D eigenvalue weighted by molar-refractivity contribution is 7.48. The van der Waals surface area contributed by atoms with E-state index in [2.05, 4.69) is 13.8 Å². The van der Waals surface area contributed by atoms with Crippen molar-refractivity contribution in [1.82, 2.24) is 0 Å². The van der Waals surface area contributed by atoms with Crippen molar-refractivity contribution >= 4 is 13.8 Å². The number of hydrogen-bond donors (Lipinski definition) is 0. The predicted octanol–water partition coefficient (Wildman–Crippen LogP) is 1.87. The van der Waals surface area contributed by atoms with Crippen LogP contribution < -0.4 is 0 Å². The summed E-state index contributed by atoms with van der Waals surface area (Å²) in [6, 6.07) is 0. The molecule has 0 aliphatic rings. The van der Waals surface area contributed by atoms with Crippen LogP contribution in [0.5, 0.6) is 0 Å². The molecule has 0 radical (unpaired) electrons. The minimum atomic E-state index is -3.59. The number of esters is 1. The Hall–Kier alpha value is -0.840. The smallest absolute Gasteiger partial charge is 0.463 e. The van der Waals surface area contributed by atoms with Gasteiger partial charge in [-0.3, -0.25) is 9.05 Å². The van der Waals surface area contributed by atoms with Crippen molar-refractivity contribution in [3.63, 3.8) is 0 Å². The molecule has 0 atom stereocenters. The van der Waals surface area contributed by atoms with Crippen LogP contribution in [0.2, 0.25) is 0 Å². The molecule has 0 aromatic heterocycles. The second-order valence-corrected chi connectivity index (χ2v) is 4.22. The van der Waals surface area contributed by atoms with Gasteiger partial charge in [-0.2, -0.15) is 0 Å². The predicted molar refractivity (Wildman–Crippen MR) is 53.1 cm³/mol. The Morgan fingerprint density at radius 1 is 1.33 bits per heavy atom. The Labute approximate surface area is 88.8 Å². The minimum absolute atomic E-state index is 0.0977. The van der Waals surface area contributed by atoms with Gasteiger partial charge >= 0.3 is 13.8 Å². The standard InChI is InChI=1S/C8H15O6P/c1-5-13-8(9)6-7(2)14-15(10,11-3)12-4/h6H,5H2,1-4H3. The molecular weight excluding hydrogens is 223 g/mol. The van der Waals surface area contributed by atoms with Gasteiger partial charge in [0, 0.05) is 14.2 Å². The van der Waals surface area contributed by atoms with Gasteiger partial charge in [0.15, 0.2) is 0 Å². The second kappa shape index (κ2) is 6.61. The lowest BCUT2D eigenvalue weighted by molar-refractivity contribution is -0.137. The highest BCUT2D eigenvalue weighted by Crippen LogP contribution is 2.49. The Morgan fingerprint density at radius 3 is 2.27 bits per heavy atom. The van der Waals surface area contributed by atoms with E-state index in [1.54, 1.807) is 6.92 Å². The maximum atomic E-state index is 11.4. The van der Waals surface area contributed by atoms with Crippen LogP contribution in [0.4, 0.5) is 0 Å². The highest BCUT2D eigenvalue weighted by atomic mass is 31.2. The van der Waals surface area contributed by atoms with Crippen LogP contribution in [-0.4, -0.2) is 26.8 Å². The first-order valence-corrected chi connectivity index (χ1v) is 5.69. The van der Waals surface area contributed by atoms with Crippen molar-refractivity contribution in [3.8, 4) is 0 Å². The number of phosphoric acid groups is 1. The van der Waals surface area contributed by atoms with Gasteiger partial charge in [-0.1, -0.05) is 0 Å². The number of allylic oxidation sites excluding steroid dienone is 1. The lowest BCUT2D eigenvalue weighted by atomic mass is 10.5. The van der Waals surface area contributed by atoms with E-state index in [0.717, 1.165) is 6.08 Å². The molecule has 0 heterocycles. The van der Waals surface area contributed by atoms with Gasteiger partial charge in [-0.25, -0.2) is 9.36 Å². The molecule has 0 spiro atoms. The van der Waals surface area contributed by atoms with Crippen LogP contribution in [0, 0.1) is 0 Å². The molecule has 0 aromatic carbocycles. The van der Waals surface area contributed by atoms with E-state index in [9.17, 15) is 9.36 Å². The first-order chi connectivity index (χ1) is 6.97. The molecule has 15 heavy (non-hydrogen) atoms. The molecule has 7 heteroatoms. The zero-order valence-corrected chi connectivity index (χ0v) is 10.1. The summed E-state index contributed by atoms with van der Waals surface area (Å²) in [6.45, 7) is 3.38. The summed E-state index contributed by atoms with van der Waals surface area (Å²) in [6.07, 6.45) is 1.06. The molecule has 0 unspecified atom stereocenters. The zero-order chi connectivity index (χ0) is 11.9. The van der Waals surface area contributed by atoms with Gasteiger partial charge in [0.2, 0.25) is 0 Å². The normalized spacial score (nSPS) is 12.4. The fourth-order valence-electron chi connectivity index (χ4n) is 0.702. The molecule has 0 saturated heterocycles. The van der Waals surface area contributed by atoms with E-state index in [1.165, 1.54) is 21.1 Å².